The summed E-state index contributed by atoms with van der Waals surface area (Å²) in [6.07, 6.45) is 1.50. The van der Waals surface area contributed by atoms with Gasteiger partial charge in [0.05, 0.1) is 12.4 Å². The predicted octanol–water partition coefficient (Wildman–Crippen LogP) is 2.97. The SMILES string of the molecule is CSc1ccc(N2C[C@H](CCl)OC2=O)cc1. The minimum absolute atomic E-state index is 0.200. The van der Waals surface area contributed by atoms with Gasteiger partial charge >= 0.3 is 6.09 Å². The Hall–Kier alpha value is -0.870. The molecule has 0 radical (unpaired) electrons. The molecular weight excluding hydrogens is 246 g/mol. The molecule has 1 amide bonds. The van der Waals surface area contributed by atoms with Gasteiger partial charge in [-0.05, 0) is 30.5 Å². The number of anilines is 1. The Morgan fingerprint density at radius 3 is 2.69 bits per heavy atom. The molecule has 1 heterocycles. The van der Waals surface area contributed by atoms with Crippen molar-refractivity contribution in [1.82, 2.24) is 0 Å². The van der Waals surface area contributed by atoms with Crippen LogP contribution in [0, 0.1) is 0 Å². The van der Waals surface area contributed by atoms with E-state index in [0.29, 0.717) is 12.4 Å². The number of alkyl halides is 1. The van der Waals surface area contributed by atoms with Gasteiger partial charge in [0.1, 0.15) is 6.10 Å². The first-order valence-electron chi connectivity index (χ1n) is 4.92. The smallest absolute Gasteiger partial charge is 0.414 e. The molecule has 0 bridgehead atoms. The van der Waals surface area contributed by atoms with Crippen LogP contribution < -0.4 is 4.90 Å². The molecule has 16 heavy (non-hydrogen) atoms. The van der Waals surface area contributed by atoms with E-state index >= 15 is 0 Å². The van der Waals surface area contributed by atoms with Gasteiger partial charge in [-0.1, -0.05) is 0 Å². The number of carbonyl (C=O) groups excluding carboxylic acids is 1. The quantitative estimate of drug-likeness (QED) is 0.616. The van der Waals surface area contributed by atoms with E-state index in [1.165, 1.54) is 4.90 Å². The van der Waals surface area contributed by atoms with E-state index in [9.17, 15) is 4.79 Å². The second-order valence-electron chi connectivity index (χ2n) is 3.47. The number of carbonyl (C=O) groups is 1. The molecule has 1 saturated heterocycles. The third-order valence-corrected chi connectivity index (χ3v) is 3.52. The fourth-order valence-corrected chi connectivity index (χ4v) is 2.14. The van der Waals surface area contributed by atoms with Gasteiger partial charge in [-0.15, -0.1) is 23.4 Å². The van der Waals surface area contributed by atoms with Gasteiger partial charge in [-0.2, -0.15) is 0 Å². The first kappa shape index (κ1) is 11.6. The van der Waals surface area contributed by atoms with Crippen LogP contribution >= 0.6 is 23.4 Å². The van der Waals surface area contributed by atoms with E-state index in [0.717, 1.165) is 5.69 Å². The van der Waals surface area contributed by atoms with Crippen LogP contribution in [0.4, 0.5) is 10.5 Å². The van der Waals surface area contributed by atoms with E-state index in [1.54, 1.807) is 16.7 Å². The summed E-state index contributed by atoms with van der Waals surface area (Å²) in [6.45, 7) is 0.529. The number of amides is 1. The zero-order chi connectivity index (χ0) is 11.5. The molecule has 0 saturated carbocycles. The zero-order valence-corrected chi connectivity index (χ0v) is 10.4. The fraction of sp³-hybridized carbons (Fsp3) is 0.364. The van der Waals surface area contributed by atoms with Gasteiger partial charge in [0.25, 0.3) is 0 Å². The lowest BCUT2D eigenvalue weighted by atomic mass is 10.3. The molecule has 2 rings (SSSR count). The summed E-state index contributed by atoms with van der Waals surface area (Å²) in [7, 11) is 0. The Morgan fingerprint density at radius 1 is 1.50 bits per heavy atom. The molecule has 1 aromatic carbocycles. The monoisotopic (exact) mass is 257 g/mol. The first-order valence-corrected chi connectivity index (χ1v) is 6.68. The molecule has 0 N–H and O–H groups in total. The number of hydrogen-bond donors (Lipinski definition) is 0. The van der Waals surface area contributed by atoms with Crippen molar-refractivity contribution < 1.29 is 9.53 Å². The van der Waals surface area contributed by atoms with Crippen LogP contribution in [0.25, 0.3) is 0 Å². The maximum Gasteiger partial charge on any atom is 0.414 e. The highest BCUT2D eigenvalue weighted by Crippen LogP contribution is 2.24. The second kappa shape index (κ2) is 4.97. The summed E-state index contributed by atoms with van der Waals surface area (Å²) >= 11 is 7.34. The molecule has 5 heteroatoms. The van der Waals surface area contributed by atoms with Crippen molar-refractivity contribution in [3.63, 3.8) is 0 Å². The largest absolute Gasteiger partial charge is 0.443 e. The van der Waals surface area contributed by atoms with Crippen molar-refractivity contribution >= 4 is 35.1 Å². The normalized spacial score (nSPS) is 20.0. The molecule has 1 fully saturated rings. The highest BCUT2D eigenvalue weighted by Gasteiger charge is 2.31. The minimum Gasteiger partial charge on any atom is -0.443 e. The molecule has 0 spiro atoms. The van der Waals surface area contributed by atoms with E-state index < -0.39 is 0 Å². The van der Waals surface area contributed by atoms with Gasteiger partial charge in [0, 0.05) is 10.6 Å². The number of hydrogen-bond acceptors (Lipinski definition) is 3. The van der Waals surface area contributed by atoms with Crippen molar-refractivity contribution in [3.8, 4) is 0 Å². The van der Waals surface area contributed by atoms with E-state index in [2.05, 4.69) is 0 Å². The number of nitrogens with zero attached hydrogens (tertiary/aromatic N) is 1. The molecule has 3 nitrogen and oxygen atoms in total. The van der Waals surface area contributed by atoms with Crippen LogP contribution in [-0.4, -0.2) is 30.9 Å². The molecular formula is C11H12ClNO2S. The van der Waals surface area contributed by atoms with Crippen LogP contribution in [0.5, 0.6) is 0 Å². The summed E-state index contributed by atoms with van der Waals surface area (Å²) in [5.74, 6) is 0.338. The van der Waals surface area contributed by atoms with Crippen molar-refractivity contribution in [2.24, 2.45) is 0 Å². The van der Waals surface area contributed by atoms with Crippen molar-refractivity contribution in [2.45, 2.75) is 11.0 Å². The van der Waals surface area contributed by atoms with E-state index in [-0.39, 0.29) is 12.2 Å². The van der Waals surface area contributed by atoms with Crippen molar-refractivity contribution in [1.29, 1.82) is 0 Å². The van der Waals surface area contributed by atoms with Crippen LogP contribution in [0.2, 0.25) is 0 Å². The Labute approximate surface area is 104 Å². The first-order chi connectivity index (χ1) is 7.74. The summed E-state index contributed by atoms with van der Waals surface area (Å²) < 4.78 is 5.08. The van der Waals surface area contributed by atoms with Crippen LogP contribution in [-0.2, 0) is 4.74 Å². The molecule has 1 atom stereocenters. The highest BCUT2D eigenvalue weighted by atomic mass is 35.5. The molecule has 1 aliphatic rings. The Balaban J connectivity index is 2.15. The minimum atomic E-state index is -0.317. The zero-order valence-electron chi connectivity index (χ0n) is 8.85. The lowest BCUT2D eigenvalue weighted by Crippen LogP contribution is -2.24. The molecule has 86 valence electrons. The number of benzene rings is 1. The molecule has 0 aromatic heterocycles. The lowest BCUT2D eigenvalue weighted by molar-refractivity contribution is 0.151. The van der Waals surface area contributed by atoms with Gasteiger partial charge in [0.15, 0.2) is 0 Å². The summed E-state index contributed by atoms with van der Waals surface area (Å²) in [6, 6.07) is 7.82. The number of rotatable bonds is 3. The summed E-state index contributed by atoms with van der Waals surface area (Å²) in [5, 5.41) is 0. The standard InChI is InChI=1S/C11H12ClNO2S/c1-16-10-4-2-8(3-5-10)13-7-9(6-12)15-11(13)14/h2-5,9H,6-7H2,1H3/t9-/m0/s1. The highest BCUT2D eigenvalue weighted by molar-refractivity contribution is 7.98. The van der Waals surface area contributed by atoms with E-state index in [4.69, 9.17) is 16.3 Å². The lowest BCUT2D eigenvalue weighted by Gasteiger charge is -2.12. The molecule has 0 unspecified atom stereocenters. The third kappa shape index (κ3) is 2.28. The maximum atomic E-state index is 11.5. The third-order valence-electron chi connectivity index (χ3n) is 2.43. The fourth-order valence-electron chi connectivity index (χ4n) is 1.57. The predicted molar refractivity (Wildman–Crippen MR) is 66.6 cm³/mol. The van der Waals surface area contributed by atoms with Crippen molar-refractivity contribution in [2.75, 3.05) is 23.6 Å². The summed E-state index contributed by atoms with van der Waals surface area (Å²) in [5.41, 5.74) is 0.857. The maximum absolute atomic E-state index is 11.5. The van der Waals surface area contributed by atoms with Crippen LogP contribution in [0.3, 0.4) is 0 Å². The Morgan fingerprint density at radius 2 is 2.19 bits per heavy atom. The van der Waals surface area contributed by atoms with Gasteiger partial charge in [-0.3, -0.25) is 4.90 Å². The Kier molecular flexibility index (Phi) is 3.61. The van der Waals surface area contributed by atoms with Crippen molar-refractivity contribution in [3.05, 3.63) is 24.3 Å². The summed E-state index contributed by atoms with van der Waals surface area (Å²) in [4.78, 5) is 14.3. The topological polar surface area (TPSA) is 29.5 Å². The number of thioether (sulfide) groups is 1. The van der Waals surface area contributed by atoms with Crippen LogP contribution in [0.1, 0.15) is 0 Å². The van der Waals surface area contributed by atoms with Gasteiger partial charge in [-0.25, -0.2) is 4.79 Å². The van der Waals surface area contributed by atoms with Crippen LogP contribution in [0.15, 0.2) is 29.2 Å². The average molecular weight is 258 g/mol. The number of cyclic esters (lactones) is 1. The molecule has 1 aromatic rings. The van der Waals surface area contributed by atoms with Gasteiger partial charge in [0.2, 0.25) is 0 Å². The molecule has 1 aliphatic heterocycles. The second-order valence-corrected chi connectivity index (χ2v) is 4.66. The molecule has 0 aliphatic carbocycles. The van der Waals surface area contributed by atoms with Gasteiger partial charge < -0.3 is 4.74 Å². The van der Waals surface area contributed by atoms with E-state index in [1.807, 2.05) is 30.5 Å². The Bertz CT molecular complexity index is 382. The number of ether oxygens (including phenoxy) is 1. The average Bonchev–Trinajstić information content (AvgIpc) is 2.71. The number of halogens is 1.